The average Bonchev–Trinajstić information content (AvgIpc) is 2.42. The molecule has 0 unspecified atom stereocenters. The van der Waals surface area contributed by atoms with Gasteiger partial charge in [0.25, 0.3) is 5.91 Å². The molecular weight excluding hydrogens is 412 g/mol. The molecule has 1 rings (SSSR count). The number of nitrogens with zero attached hydrogens (tertiary/aromatic N) is 1. The van der Waals surface area contributed by atoms with E-state index in [0.29, 0.717) is 25.7 Å². The Morgan fingerprint density at radius 1 is 1.35 bits per heavy atom. The SMILES string of the molecule is CCC(CC)N(CCO)C(=O)c1cc(Cl)cc(Cl)c1I. The maximum atomic E-state index is 12.7. The van der Waals surface area contributed by atoms with Crippen molar-refractivity contribution in [2.75, 3.05) is 13.2 Å². The fraction of sp³-hybridized carbons (Fsp3) is 0.500. The summed E-state index contributed by atoms with van der Waals surface area (Å²) in [6.07, 6.45) is 1.68. The van der Waals surface area contributed by atoms with E-state index >= 15 is 0 Å². The molecule has 0 saturated heterocycles. The summed E-state index contributed by atoms with van der Waals surface area (Å²) >= 11 is 14.1. The van der Waals surface area contributed by atoms with Gasteiger partial charge in [-0.25, -0.2) is 0 Å². The molecule has 0 aliphatic rings. The van der Waals surface area contributed by atoms with Gasteiger partial charge in [0.05, 0.1) is 17.2 Å². The summed E-state index contributed by atoms with van der Waals surface area (Å²) in [5, 5.41) is 10.1. The van der Waals surface area contributed by atoms with Gasteiger partial charge in [-0.05, 0) is 47.6 Å². The van der Waals surface area contributed by atoms with E-state index in [1.165, 1.54) is 0 Å². The van der Waals surface area contributed by atoms with Crippen molar-refractivity contribution in [2.24, 2.45) is 0 Å². The van der Waals surface area contributed by atoms with Gasteiger partial charge in [-0.1, -0.05) is 37.0 Å². The minimum Gasteiger partial charge on any atom is -0.395 e. The van der Waals surface area contributed by atoms with Crippen molar-refractivity contribution in [1.29, 1.82) is 0 Å². The van der Waals surface area contributed by atoms with E-state index in [1.54, 1.807) is 17.0 Å². The van der Waals surface area contributed by atoms with Gasteiger partial charge in [-0.2, -0.15) is 0 Å². The fourth-order valence-corrected chi connectivity index (χ4v) is 3.19. The maximum Gasteiger partial charge on any atom is 0.255 e. The molecule has 112 valence electrons. The number of hydrogen-bond acceptors (Lipinski definition) is 2. The van der Waals surface area contributed by atoms with Crippen LogP contribution in [0, 0.1) is 3.57 Å². The van der Waals surface area contributed by atoms with Crippen LogP contribution >= 0.6 is 45.8 Å². The van der Waals surface area contributed by atoms with Gasteiger partial charge < -0.3 is 10.0 Å². The molecule has 0 radical (unpaired) electrons. The third-order valence-corrected chi connectivity index (χ3v) is 5.21. The van der Waals surface area contributed by atoms with Crippen molar-refractivity contribution in [2.45, 2.75) is 32.7 Å². The van der Waals surface area contributed by atoms with Gasteiger partial charge in [-0.15, -0.1) is 0 Å². The number of halogens is 3. The number of carbonyl (C=O) groups is 1. The number of carbonyl (C=O) groups excluding carboxylic acids is 1. The van der Waals surface area contributed by atoms with Crippen LogP contribution in [0.5, 0.6) is 0 Å². The van der Waals surface area contributed by atoms with Crippen LogP contribution in [0.3, 0.4) is 0 Å². The van der Waals surface area contributed by atoms with Crippen molar-refractivity contribution in [1.82, 2.24) is 4.90 Å². The van der Waals surface area contributed by atoms with Gasteiger partial charge in [0, 0.05) is 21.2 Å². The Labute approximate surface area is 143 Å². The van der Waals surface area contributed by atoms with Crippen LogP contribution in [0.2, 0.25) is 10.0 Å². The van der Waals surface area contributed by atoms with Crippen molar-refractivity contribution >= 4 is 51.7 Å². The molecular formula is C14H18Cl2INO2. The monoisotopic (exact) mass is 429 g/mol. The van der Waals surface area contributed by atoms with Crippen molar-refractivity contribution in [3.63, 3.8) is 0 Å². The first kappa shape index (κ1) is 18.0. The van der Waals surface area contributed by atoms with Crippen LogP contribution in [0.15, 0.2) is 12.1 Å². The largest absolute Gasteiger partial charge is 0.395 e. The van der Waals surface area contributed by atoms with E-state index in [-0.39, 0.29) is 18.6 Å². The van der Waals surface area contributed by atoms with E-state index < -0.39 is 0 Å². The van der Waals surface area contributed by atoms with Crippen molar-refractivity contribution in [3.05, 3.63) is 31.3 Å². The lowest BCUT2D eigenvalue weighted by Gasteiger charge is -2.30. The Morgan fingerprint density at radius 3 is 2.45 bits per heavy atom. The van der Waals surface area contributed by atoms with E-state index in [9.17, 15) is 9.90 Å². The molecule has 1 amide bonds. The van der Waals surface area contributed by atoms with E-state index in [1.807, 2.05) is 36.4 Å². The number of rotatable bonds is 6. The summed E-state index contributed by atoms with van der Waals surface area (Å²) < 4.78 is 0.688. The second-order valence-corrected chi connectivity index (χ2v) is 6.36. The standard InChI is InChI=1S/C14H18Cl2INO2/c1-3-10(4-2)18(5-6-19)14(20)11-7-9(15)8-12(16)13(11)17/h7-8,10,19H,3-6H2,1-2H3. The molecule has 0 heterocycles. The molecule has 0 spiro atoms. The highest BCUT2D eigenvalue weighted by molar-refractivity contribution is 14.1. The number of benzene rings is 1. The van der Waals surface area contributed by atoms with Crippen LogP contribution in [0.4, 0.5) is 0 Å². The lowest BCUT2D eigenvalue weighted by atomic mass is 10.1. The van der Waals surface area contributed by atoms with Crippen LogP contribution in [-0.4, -0.2) is 35.1 Å². The molecule has 0 saturated carbocycles. The van der Waals surface area contributed by atoms with E-state index in [0.717, 1.165) is 12.8 Å². The van der Waals surface area contributed by atoms with Gasteiger partial charge in [0.2, 0.25) is 0 Å². The van der Waals surface area contributed by atoms with Gasteiger partial charge >= 0.3 is 0 Å². The zero-order valence-corrected chi connectivity index (χ0v) is 15.2. The molecule has 1 aromatic carbocycles. The minimum absolute atomic E-state index is 0.0624. The minimum atomic E-state index is -0.137. The van der Waals surface area contributed by atoms with Gasteiger partial charge in [0.15, 0.2) is 0 Å². The fourth-order valence-electron chi connectivity index (χ4n) is 2.15. The van der Waals surface area contributed by atoms with E-state index in [4.69, 9.17) is 23.2 Å². The Bertz CT molecular complexity index is 478. The molecule has 0 atom stereocenters. The first-order chi connectivity index (χ1) is 9.46. The zero-order chi connectivity index (χ0) is 15.3. The maximum absolute atomic E-state index is 12.7. The number of hydrogen-bond donors (Lipinski definition) is 1. The summed E-state index contributed by atoms with van der Waals surface area (Å²) in [7, 11) is 0. The van der Waals surface area contributed by atoms with Crippen molar-refractivity contribution in [3.8, 4) is 0 Å². The lowest BCUT2D eigenvalue weighted by Crippen LogP contribution is -2.41. The molecule has 1 aromatic rings. The highest BCUT2D eigenvalue weighted by atomic mass is 127. The molecule has 0 fully saturated rings. The normalized spacial score (nSPS) is 10.9. The third kappa shape index (κ3) is 4.23. The van der Waals surface area contributed by atoms with Gasteiger partial charge in [-0.3, -0.25) is 4.79 Å². The topological polar surface area (TPSA) is 40.5 Å². The predicted octanol–water partition coefficient (Wildman–Crippen LogP) is 4.22. The first-order valence-electron chi connectivity index (χ1n) is 6.52. The Kier molecular flexibility index (Phi) is 7.58. The lowest BCUT2D eigenvalue weighted by molar-refractivity contribution is 0.0621. The molecule has 0 aliphatic heterocycles. The second kappa shape index (κ2) is 8.41. The highest BCUT2D eigenvalue weighted by Gasteiger charge is 2.24. The summed E-state index contributed by atoms with van der Waals surface area (Å²) in [4.78, 5) is 14.4. The predicted molar refractivity (Wildman–Crippen MR) is 91.7 cm³/mol. The molecule has 0 aliphatic carbocycles. The Balaban J connectivity index is 3.18. The second-order valence-electron chi connectivity index (χ2n) is 4.44. The zero-order valence-electron chi connectivity index (χ0n) is 11.5. The molecule has 3 nitrogen and oxygen atoms in total. The molecule has 1 N–H and O–H groups in total. The molecule has 6 heteroatoms. The quantitative estimate of drug-likeness (QED) is 0.543. The van der Waals surface area contributed by atoms with Gasteiger partial charge in [0.1, 0.15) is 0 Å². The highest BCUT2D eigenvalue weighted by Crippen LogP contribution is 2.28. The molecule has 20 heavy (non-hydrogen) atoms. The number of aliphatic hydroxyl groups excluding tert-OH is 1. The molecule has 0 bridgehead atoms. The Morgan fingerprint density at radius 2 is 1.95 bits per heavy atom. The number of amides is 1. The summed E-state index contributed by atoms with van der Waals surface area (Å²) in [5.74, 6) is -0.137. The summed E-state index contributed by atoms with van der Waals surface area (Å²) in [5.41, 5.74) is 0.489. The number of aliphatic hydroxyl groups is 1. The average molecular weight is 430 g/mol. The summed E-state index contributed by atoms with van der Waals surface area (Å²) in [6, 6.07) is 3.35. The Hall–Kier alpha value is -0.0400. The molecule has 0 aromatic heterocycles. The van der Waals surface area contributed by atoms with Crippen LogP contribution in [0.25, 0.3) is 0 Å². The third-order valence-electron chi connectivity index (χ3n) is 3.21. The van der Waals surface area contributed by atoms with Crippen molar-refractivity contribution < 1.29 is 9.90 Å². The van der Waals surface area contributed by atoms with Crippen LogP contribution < -0.4 is 0 Å². The van der Waals surface area contributed by atoms with Crippen LogP contribution in [-0.2, 0) is 0 Å². The summed E-state index contributed by atoms with van der Waals surface area (Å²) in [6.45, 7) is 4.31. The first-order valence-corrected chi connectivity index (χ1v) is 8.36. The smallest absolute Gasteiger partial charge is 0.255 e. The van der Waals surface area contributed by atoms with E-state index in [2.05, 4.69) is 0 Å². The van der Waals surface area contributed by atoms with Crippen LogP contribution in [0.1, 0.15) is 37.0 Å².